The zero-order valence-electron chi connectivity index (χ0n) is 35.0. The topological polar surface area (TPSA) is 169 Å². The molecule has 0 radical (unpaired) electrons. The highest BCUT2D eigenvalue weighted by Crippen LogP contribution is 2.37. The Morgan fingerprint density at radius 1 is 0.609 bits per heavy atom. The SMILES string of the molecule is C.C.C.Cl.N#CC1(Cc2c(F)cc(F)cc2F)CCN(C(=O)c2cccnc2-c2ccncc2)CC1.N#CC1(Cc2c(F)cc(F)cc2F)CCNCC1.O=C(O)c1cccnc1-c1ccncc1. The van der Waals surface area contributed by atoms with Gasteiger partial charge in [0.25, 0.3) is 5.91 Å². The fourth-order valence-corrected chi connectivity index (χ4v) is 7.66. The predicted octanol–water partition coefficient (Wildman–Crippen LogP) is 11.3. The quantitative estimate of drug-likeness (QED) is 0.140. The fraction of sp³-hybridized carbons (Fsp3) is 0.294. The Morgan fingerprint density at radius 3 is 1.38 bits per heavy atom. The third kappa shape index (κ3) is 14.4. The number of halogens is 7. The largest absolute Gasteiger partial charge is 0.478 e. The Labute approximate surface area is 404 Å². The summed E-state index contributed by atoms with van der Waals surface area (Å²) in [5.41, 5.74) is 0.837. The number of pyridine rings is 4. The lowest BCUT2D eigenvalue weighted by atomic mass is 9.74. The minimum atomic E-state index is -1.04. The molecule has 2 N–H and O–H groups in total. The standard InChI is InChI=1S/C24H19F3N4O.C13H13F3N2.C11H8N2O2.3CH4.ClH/c25-17-12-20(26)19(21(27)13-17)14-24(15-28)5-10-31(11-6-24)23(32)18-2-1-7-30-22(18)16-3-8-29-9-4-16;14-9-5-11(15)10(12(16)6-9)7-13(8-17)1-3-18-4-2-13;14-11(15)9-2-1-5-13-10(9)8-3-6-12-7-4-8;;;;/h1-4,7-9,12-13H,5-6,10-11,14H2;5-6,18H,1-4,7H2;1-7H,(H,14,15);3*1H4;1H. The molecule has 18 heteroatoms. The van der Waals surface area contributed by atoms with Gasteiger partial charge in [0, 0.05) is 96.8 Å². The molecule has 4 aromatic heterocycles. The number of piperidine rings is 2. The molecule has 0 unspecified atom stereocenters. The summed E-state index contributed by atoms with van der Waals surface area (Å²) >= 11 is 0. The minimum absolute atomic E-state index is 0. The molecule has 1 amide bonds. The summed E-state index contributed by atoms with van der Waals surface area (Å²) in [4.78, 5) is 42.0. The molecule has 2 aliphatic rings. The van der Waals surface area contributed by atoms with Crippen molar-refractivity contribution in [2.24, 2.45) is 10.8 Å². The molecule has 6 heterocycles. The van der Waals surface area contributed by atoms with E-state index in [2.05, 4.69) is 37.4 Å². The monoisotopic (exact) mass is 974 g/mol. The summed E-state index contributed by atoms with van der Waals surface area (Å²) in [6.07, 6.45) is 11.0. The first-order chi connectivity index (χ1) is 31.3. The molecule has 2 saturated heterocycles. The first-order valence-electron chi connectivity index (χ1n) is 20.3. The average Bonchev–Trinajstić information content (AvgIpc) is 3.32. The summed E-state index contributed by atoms with van der Waals surface area (Å²) in [6, 6.07) is 20.4. The Kier molecular flexibility index (Phi) is 22.1. The van der Waals surface area contributed by atoms with Crippen LogP contribution in [0, 0.1) is 68.4 Å². The van der Waals surface area contributed by atoms with Gasteiger partial charge in [-0.2, -0.15) is 10.5 Å². The Hall–Kier alpha value is -7.21. The van der Waals surface area contributed by atoms with E-state index < -0.39 is 51.7 Å². The Morgan fingerprint density at radius 2 is 0.986 bits per heavy atom. The van der Waals surface area contributed by atoms with Crippen LogP contribution in [-0.4, -0.2) is 68.0 Å². The Bertz CT molecular complexity index is 2680. The number of carbonyl (C=O) groups excluding carboxylic acids is 1. The zero-order valence-corrected chi connectivity index (χ0v) is 35.9. The maximum Gasteiger partial charge on any atom is 0.337 e. The molecule has 6 aromatic rings. The number of carbonyl (C=O) groups is 2. The van der Waals surface area contributed by atoms with Crippen LogP contribution in [0.15, 0.2) is 110 Å². The van der Waals surface area contributed by atoms with Crippen molar-refractivity contribution in [2.75, 3.05) is 26.2 Å². The number of benzene rings is 2. The number of nitriles is 2. The molecule has 8 rings (SSSR count). The van der Waals surface area contributed by atoms with Crippen LogP contribution < -0.4 is 5.32 Å². The first-order valence-corrected chi connectivity index (χ1v) is 20.3. The molecule has 2 aliphatic heterocycles. The summed E-state index contributed by atoms with van der Waals surface area (Å²) < 4.78 is 81.4. The number of carboxylic acid groups (broad SMARTS) is 1. The number of amides is 1. The number of aromatic carboxylic acids is 1. The molecule has 0 aliphatic carbocycles. The van der Waals surface area contributed by atoms with Gasteiger partial charge in [0.1, 0.15) is 34.9 Å². The maximum atomic E-state index is 14.1. The molecular formula is C51H53ClF6N8O3. The van der Waals surface area contributed by atoms with Crippen LogP contribution in [0.1, 0.15) is 79.8 Å². The van der Waals surface area contributed by atoms with E-state index in [9.17, 15) is 46.5 Å². The van der Waals surface area contributed by atoms with E-state index in [1.807, 2.05) is 0 Å². The highest BCUT2D eigenvalue weighted by molar-refractivity contribution is 6.00. The smallest absolute Gasteiger partial charge is 0.337 e. The van der Waals surface area contributed by atoms with Gasteiger partial charge in [0.2, 0.25) is 0 Å². The number of hydrogen-bond acceptors (Lipinski definition) is 9. The highest BCUT2D eigenvalue weighted by atomic mass is 35.5. The predicted molar refractivity (Wildman–Crippen MR) is 253 cm³/mol. The lowest BCUT2D eigenvalue weighted by Crippen LogP contribution is -2.44. The lowest BCUT2D eigenvalue weighted by Gasteiger charge is -2.37. The van der Waals surface area contributed by atoms with Gasteiger partial charge in [-0.15, -0.1) is 12.4 Å². The second kappa shape index (κ2) is 26.4. The fourth-order valence-electron chi connectivity index (χ4n) is 7.66. The van der Waals surface area contributed by atoms with E-state index >= 15 is 0 Å². The van der Waals surface area contributed by atoms with Crippen LogP contribution in [0.3, 0.4) is 0 Å². The van der Waals surface area contributed by atoms with E-state index in [0.29, 0.717) is 67.1 Å². The molecule has 69 heavy (non-hydrogen) atoms. The number of nitrogens with one attached hydrogen (secondary N) is 1. The van der Waals surface area contributed by atoms with Crippen LogP contribution in [0.4, 0.5) is 26.3 Å². The Balaban J connectivity index is 0.000000377. The van der Waals surface area contributed by atoms with Crippen LogP contribution in [-0.2, 0) is 12.8 Å². The third-order valence-corrected chi connectivity index (χ3v) is 11.3. The number of hydrogen-bond donors (Lipinski definition) is 2. The molecule has 2 aromatic carbocycles. The van der Waals surface area contributed by atoms with Crippen LogP contribution in [0.25, 0.3) is 22.5 Å². The van der Waals surface area contributed by atoms with Gasteiger partial charge in [-0.3, -0.25) is 24.7 Å². The van der Waals surface area contributed by atoms with Gasteiger partial charge in [-0.25, -0.2) is 31.1 Å². The number of likely N-dealkylation sites (tertiary alicyclic amines) is 1. The zero-order chi connectivity index (χ0) is 46.6. The van der Waals surface area contributed by atoms with Gasteiger partial charge < -0.3 is 15.3 Å². The number of rotatable bonds is 8. The van der Waals surface area contributed by atoms with Crippen LogP contribution >= 0.6 is 12.4 Å². The molecule has 2 fully saturated rings. The number of aromatic nitrogens is 4. The van der Waals surface area contributed by atoms with Gasteiger partial charge >= 0.3 is 5.97 Å². The van der Waals surface area contributed by atoms with Crippen LogP contribution in [0.2, 0.25) is 0 Å². The molecule has 364 valence electrons. The van der Waals surface area contributed by atoms with E-state index in [-0.39, 0.29) is 96.1 Å². The molecule has 0 spiro atoms. The van der Waals surface area contributed by atoms with Crippen molar-refractivity contribution in [3.8, 4) is 34.7 Å². The van der Waals surface area contributed by atoms with Crippen molar-refractivity contribution in [3.05, 3.63) is 167 Å². The van der Waals surface area contributed by atoms with E-state index in [0.717, 1.165) is 11.1 Å². The number of nitrogens with zero attached hydrogens (tertiary/aromatic N) is 7. The van der Waals surface area contributed by atoms with Crippen molar-refractivity contribution in [2.45, 2.75) is 60.8 Å². The average molecular weight is 975 g/mol. The molecule has 11 nitrogen and oxygen atoms in total. The van der Waals surface area contributed by atoms with E-state index in [4.69, 9.17) is 5.11 Å². The van der Waals surface area contributed by atoms with E-state index in [1.54, 1.807) is 84.5 Å². The van der Waals surface area contributed by atoms with Gasteiger partial charge in [-0.1, -0.05) is 22.3 Å². The van der Waals surface area contributed by atoms with Gasteiger partial charge in [-0.05, 0) is 100 Å². The first kappa shape index (κ1) is 57.9. The summed E-state index contributed by atoms with van der Waals surface area (Å²) in [6.45, 7) is 1.80. The summed E-state index contributed by atoms with van der Waals surface area (Å²) in [5.74, 6) is -6.99. The van der Waals surface area contributed by atoms with Crippen molar-refractivity contribution in [1.29, 1.82) is 10.5 Å². The van der Waals surface area contributed by atoms with Crippen LogP contribution in [0.5, 0.6) is 0 Å². The summed E-state index contributed by atoms with van der Waals surface area (Å²) in [7, 11) is 0. The molecular weight excluding hydrogens is 922 g/mol. The third-order valence-electron chi connectivity index (χ3n) is 11.3. The normalized spacial score (nSPS) is 14.0. The summed E-state index contributed by atoms with van der Waals surface area (Å²) in [5, 5.41) is 31.1. The van der Waals surface area contributed by atoms with Crippen molar-refractivity contribution < 1.29 is 41.0 Å². The van der Waals surface area contributed by atoms with Crippen molar-refractivity contribution in [3.63, 3.8) is 0 Å². The van der Waals surface area contributed by atoms with Gasteiger partial charge in [0.05, 0.1) is 45.5 Å². The van der Waals surface area contributed by atoms with Gasteiger partial charge in [0.15, 0.2) is 0 Å². The maximum absolute atomic E-state index is 14.1. The molecule has 0 atom stereocenters. The highest BCUT2D eigenvalue weighted by Gasteiger charge is 2.39. The second-order valence-electron chi connectivity index (χ2n) is 15.5. The van der Waals surface area contributed by atoms with Crippen molar-refractivity contribution in [1.82, 2.24) is 30.2 Å². The molecule has 0 bridgehead atoms. The minimum Gasteiger partial charge on any atom is -0.478 e. The van der Waals surface area contributed by atoms with E-state index in [1.165, 1.54) is 6.07 Å². The lowest BCUT2D eigenvalue weighted by molar-refractivity contribution is 0.0644. The van der Waals surface area contributed by atoms with Crippen molar-refractivity contribution >= 4 is 24.3 Å². The number of carboxylic acids is 1. The molecule has 0 saturated carbocycles. The second-order valence-corrected chi connectivity index (χ2v) is 15.5.